The van der Waals surface area contributed by atoms with Crippen LogP contribution in [-0.4, -0.2) is 120 Å². The Morgan fingerprint density at radius 1 is 0.767 bits per heavy atom. The molecule has 2 aromatic carbocycles. The Bertz CT molecular complexity index is 1460. The van der Waals surface area contributed by atoms with E-state index in [4.69, 9.17) is 23.7 Å². The van der Waals surface area contributed by atoms with E-state index >= 15 is 0 Å². The number of aliphatic hydroxyl groups is 6. The standard InChI is InChI=1S/C27H28O16/c1-7-13(6-12-14(15(7)30)17(32)10-4-3-9(29)5-11(10)16(12)31)40-27-23(19(34)22(37)25(43-27)39-8(2)28)41-26-21(36)18(33)20(35)24(38)42-26/h3-6,18-27,29-30,33-38H,1-2H3. The maximum atomic E-state index is 13.3. The Kier molecular flexibility index (Phi) is 8.16. The van der Waals surface area contributed by atoms with Crippen molar-refractivity contribution >= 4 is 17.5 Å². The molecular formula is C27H28O16. The lowest BCUT2D eigenvalue weighted by Crippen LogP contribution is -2.64. The number of carbonyl (C=O) groups is 3. The zero-order valence-electron chi connectivity index (χ0n) is 22.4. The van der Waals surface area contributed by atoms with Gasteiger partial charge in [0.05, 0.1) is 5.56 Å². The van der Waals surface area contributed by atoms with Gasteiger partial charge in [0.2, 0.25) is 12.6 Å². The molecule has 0 bridgehead atoms. The summed E-state index contributed by atoms with van der Waals surface area (Å²) >= 11 is 0. The van der Waals surface area contributed by atoms with Gasteiger partial charge in [0.1, 0.15) is 47.8 Å². The largest absolute Gasteiger partial charge is 0.508 e. The number of rotatable bonds is 5. The fourth-order valence-corrected chi connectivity index (χ4v) is 5.00. The van der Waals surface area contributed by atoms with Crippen LogP contribution in [0.25, 0.3) is 0 Å². The van der Waals surface area contributed by atoms with Crippen molar-refractivity contribution in [2.75, 3.05) is 0 Å². The molecule has 0 aromatic heterocycles. The van der Waals surface area contributed by atoms with Crippen LogP contribution in [0, 0.1) is 6.92 Å². The highest BCUT2D eigenvalue weighted by Gasteiger charge is 2.52. The van der Waals surface area contributed by atoms with E-state index in [0.717, 1.165) is 19.1 Å². The average molecular weight is 609 g/mol. The summed E-state index contributed by atoms with van der Waals surface area (Å²) in [4.78, 5) is 38.1. The molecule has 10 unspecified atom stereocenters. The Morgan fingerprint density at radius 2 is 1.44 bits per heavy atom. The van der Waals surface area contributed by atoms with Crippen molar-refractivity contribution in [3.05, 3.63) is 52.1 Å². The second-order valence-electron chi connectivity index (χ2n) is 10.2. The van der Waals surface area contributed by atoms with Gasteiger partial charge in [-0.25, -0.2) is 0 Å². The topological polar surface area (TPSA) is 259 Å². The van der Waals surface area contributed by atoms with Crippen molar-refractivity contribution < 1.29 is 78.9 Å². The van der Waals surface area contributed by atoms with Crippen LogP contribution in [0.15, 0.2) is 24.3 Å². The zero-order chi connectivity index (χ0) is 31.5. The number of phenolic OH excluding ortho intramolecular Hbond substituents is 2. The number of phenols is 2. The van der Waals surface area contributed by atoms with E-state index in [2.05, 4.69) is 0 Å². The molecule has 10 atom stereocenters. The van der Waals surface area contributed by atoms with Crippen molar-refractivity contribution in [2.24, 2.45) is 0 Å². The van der Waals surface area contributed by atoms with E-state index in [1.165, 1.54) is 19.1 Å². The number of aliphatic hydroxyl groups excluding tert-OH is 6. The molecule has 2 aromatic rings. The van der Waals surface area contributed by atoms with E-state index in [1.807, 2.05) is 0 Å². The molecule has 1 aliphatic carbocycles. The highest BCUT2D eigenvalue weighted by Crippen LogP contribution is 2.41. The second kappa shape index (κ2) is 11.4. The highest BCUT2D eigenvalue weighted by molar-refractivity contribution is 6.29. The molecule has 0 saturated carbocycles. The third kappa shape index (κ3) is 5.33. The van der Waals surface area contributed by atoms with Crippen molar-refractivity contribution in [1.82, 2.24) is 0 Å². The molecule has 2 aliphatic heterocycles. The smallest absolute Gasteiger partial charge is 0.305 e. The first-order valence-corrected chi connectivity index (χ1v) is 12.9. The Balaban J connectivity index is 1.52. The molecule has 43 heavy (non-hydrogen) atoms. The van der Waals surface area contributed by atoms with Crippen LogP contribution in [0.5, 0.6) is 17.2 Å². The van der Waals surface area contributed by atoms with Gasteiger partial charge in [-0.15, -0.1) is 0 Å². The summed E-state index contributed by atoms with van der Waals surface area (Å²) in [6, 6.07) is 4.62. The molecule has 16 nitrogen and oxygen atoms in total. The van der Waals surface area contributed by atoms with Crippen LogP contribution in [0.4, 0.5) is 0 Å². The SMILES string of the molecule is CC(=O)OC1OC(Oc2cc3c(c(O)c2C)C(=O)c2ccc(O)cc2C3=O)C(OC2OC(O)C(O)C(O)C2O)C(O)C1O. The summed E-state index contributed by atoms with van der Waals surface area (Å²) < 4.78 is 26.8. The lowest BCUT2D eigenvalue weighted by Gasteiger charge is -2.45. The summed E-state index contributed by atoms with van der Waals surface area (Å²) in [5.41, 5.74) is -0.920. The second-order valence-corrected chi connectivity index (χ2v) is 10.2. The van der Waals surface area contributed by atoms with Gasteiger partial charge in [-0.1, -0.05) is 0 Å². The van der Waals surface area contributed by atoms with Gasteiger partial charge < -0.3 is 59.8 Å². The van der Waals surface area contributed by atoms with Crippen LogP contribution < -0.4 is 4.74 Å². The van der Waals surface area contributed by atoms with Gasteiger partial charge >= 0.3 is 5.97 Å². The maximum absolute atomic E-state index is 13.3. The first-order chi connectivity index (χ1) is 20.2. The first-order valence-electron chi connectivity index (χ1n) is 12.9. The van der Waals surface area contributed by atoms with Crippen molar-refractivity contribution in [1.29, 1.82) is 0 Å². The minimum absolute atomic E-state index is 0.0513. The third-order valence-corrected chi connectivity index (χ3v) is 7.33. The summed E-state index contributed by atoms with van der Waals surface area (Å²) in [5, 5.41) is 82.3. The number of aromatic hydroxyl groups is 2. The number of carbonyl (C=O) groups excluding carboxylic acids is 3. The number of fused-ring (bicyclic) bond motifs is 2. The predicted octanol–water partition coefficient (Wildman–Crippen LogP) is -2.33. The van der Waals surface area contributed by atoms with E-state index in [-0.39, 0.29) is 39.3 Å². The van der Waals surface area contributed by atoms with Gasteiger partial charge in [-0.2, -0.15) is 0 Å². The fourth-order valence-electron chi connectivity index (χ4n) is 5.00. The molecule has 8 N–H and O–H groups in total. The number of benzene rings is 2. The van der Waals surface area contributed by atoms with Crippen LogP contribution in [-0.2, 0) is 23.7 Å². The normalized spacial score (nSPS) is 33.9. The molecule has 0 radical (unpaired) electrons. The van der Waals surface area contributed by atoms with Crippen LogP contribution in [0.3, 0.4) is 0 Å². The van der Waals surface area contributed by atoms with Crippen molar-refractivity contribution in [2.45, 2.75) is 75.6 Å². The Morgan fingerprint density at radius 3 is 2.12 bits per heavy atom. The Labute approximate surface area is 241 Å². The van der Waals surface area contributed by atoms with Gasteiger partial charge in [0.15, 0.2) is 30.3 Å². The van der Waals surface area contributed by atoms with Crippen molar-refractivity contribution in [3.8, 4) is 17.2 Å². The van der Waals surface area contributed by atoms with E-state index in [0.29, 0.717) is 0 Å². The highest BCUT2D eigenvalue weighted by atomic mass is 16.8. The summed E-state index contributed by atoms with van der Waals surface area (Å²) in [6.45, 7) is 2.32. The molecule has 5 rings (SSSR count). The molecule has 0 amide bonds. The predicted molar refractivity (Wildman–Crippen MR) is 135 cm³/mol. The van der Waals surface area contributed by atoms with Crippen LogP contribution in [0.1, 0.15) is 44.3 Å². The van der Waals surface area contributed by atoms with Crippen LogP contribution in [0.2, 0.25) is 0 Å². The molecule has 2 fully saturated rings. The summed E-state index contributed by atoms with van der Waals surface area (Å²) in [6.07, 6.45) is -19.3. The third-order valence-electron chi connectivity index (χ3n) is 7.33. The lowest BCUT2D eigenvalue weighted by atomic mass is 9.82. The van der Waals surface area contributed by atoms with Gasteiger partial charge in [0.25, 0.3) is 0 Å². The fraction of sp³-hybridized carbons (Fsp3) is 0.444. The van der Waals surface area contributed by atoms with E-state index in [1.54, 1.807) is 0 Å². The molecule has 16 heteroatoms. The number of hydrogen-bond acceptors (Lipinski definition) is 16. The number of hydrogen-bond donors (Lipinski definition) is 8. The lowest BCUT2D eigenvalue weighted by molar-refractivity contribution is -0.389. The molecule has 2 heterocycles. The Hall–Kier alpha value is -3.71. The maximum Gasteiger partial charge on any atom is 0.305 e. The van der Waals surface area contributed by atoms with E-state index < -0.39 is 85.1 Å². The number of esters is 1. The van der Waals surface area contributed by atoms with Gasteiger partial charge in [0, 0.05) is 29.2 Å². The van der Waals surface area contributed by atoms with Gasteiger partial charge in [-0.05, 0) is 31.2 Å². The minimum Gasteiger partial charge on any atom is -0.508 e. The quantitative estimate of drug-likeness (QED) is 0.141. The molecule has 2 saturated heterocycles. The summed E-state index contributed by atoms with van der Waals surface area (Å²) in [7, 11) is 0. The monoisotopic (exact) mass is 608 g/mol. The van der Waals surface area contributed by atoms with Crippen molar-refractivity contribution in [3.63, 3.8) is 0 Å². The van der Waals surface area contributed by atoms with Crippen LogP contribution >= 0.6 is 0 Å². The molecular weight excluding hydrogens is 580 g/mol. The van der Waals surface area contributed by atoms with E-state index in [9.17, 15) is 55.2 Å². The first kappa shape index (κ1) is 30.7. The molecule has 232 valence electrons. The minimum atomic E-state index is -2.03. The average Bonchev–Trinajstić information content (AvgIpc) is 2.95. The summed E-state index contributed by atoms with van der Waals surface area (Å²) in [5.74, 6) is -3.60. The molecule has 3 aliphatic rings. The number of ketones is 2. The molecule has 0 spiro atoms. The zero-order valence-corrected chi connectivity index (χ0v) is 22.4. The number of ether oxygens (including phenoxy) is 5. The van der Waals surface area contributed by atoms with Gasteiger partial charge in [-0.3, -0.25) is 19.1 Å².